The normalized spacial score (nSPS) is 14.6. The Hall–Kier alpha value is -1.36. The molecule has 20 heavy (non-hydrogen) atoms. The molecule has 0 radical (unpaired) electrons. The zero-order valence-electron chi connectivity index (χ0n) is 12.5. The summed E-state index contributed by atoms with van der Waals surface area (Å²) in [6.45, 7) is 7.35. The highest BCUT2D eigenvalue weighted by molar-refractivity contribution is 7.10. The van der Waals surface area contributed by atoms with Crippen LogP contribution in [0.3, 0.4) is 0 Å². The maximum absolute atomic E-state index is 12.3. The van der Waals surface area contributed by atoms with Crippen molar-refractivity contribution in [1.29, 1.82) is 0 Å². The Morgan fingerprint density at radius 3 is 2.45 bits per heavy atom. The van der Waals surface area contributed by atoms with E-state index in [2.05, 4.69) is 5.32 Å². The van der Waals surface area contributed by atoms with Gasteiger partial charge in [0, 0.05) is 4.88 Å². The van der Waals surface area contributed by atoms with E-state index in [1.807, 2.05) is 24.4 Å². The highest BCUT2D eigenvalue weighted by atomic mass is 32.1. The first-order valence-electron chi connectivity index (χ1n) is 6.84. The van der Waals surface area contributed by atoms with Crippen LogP contribution in [0.15, 0.2) is 17.5 Å². The molecule has 1 heterocycles. The molecule has 0 fully saturated rings. The standard InChI is InChI=1S/C15H23NO3S/c1-5-7-10(11-8-6-9-20-11)16-13(17)12(14(18)19)15(2,3)4/h6,8-10,12H,5,7H2,1-4H3,(H,16,17)(H,18,19). The molecule has 0 bridgehead atoms. The van der Waals surface area contributed by atoms with Gasteiger partial charge in [-0.05, 0) is 23.3 Å². The van der Waals surface area contributed by atoms with Crippen LogP contribution in [0.1, 0.15) is 51.5 Å². The zero-order valence-corrected chi connectivity index (χ0v) is 13.3. The second-order valence-corrected chi connectivity index (χ2v) is 6.98. The van der Waals surface area contributed by atoms with Gasteiger partial charge in [-0.25, -0.2) is 0 Å². The number of hydrogen-bond donors (Lipinski definition) is 2. The molecule has 0 spiro atoms. The minimum atomic E-state index is -1.07. The van der Waals surface area contributed by atoms with Crippen LogP contribution in [0.4, 0.5) is 0 Å². The maximum Gasteiger partial charge on any atom is 0.316 e. The van der Waals surface area contributed by atoms with Gasteiger partial charge < -0.3 is 10.4 Å². The Kier molecular flexibility index (Phi) is 5.74. The fraction of sp³-hybridized carbons (Fsp3) is 0.600. The smallest absolute Gasteiger partial charge is 0.316 e. The Morgan fingerprint density at radius 1 is 1.40 bits per heavy atom. The molecule has 112 valence electrons. The summed E-state index contributed by atoms with van der Waals surface area (Å²) in [4.78, 5) is 24.7. The van der Waals surface area contributed by atoms with E-state index in [4.69, 9.17) is 0 Å². The second-order valence-electron chi connectivity index (χ2n) is 6.00. The molecule has 1 rings (SSSR count). The summed E-state index contributed by atoms with van der Waals surface area (Å²) in [6, 6.07) is 3.81. The number of hydrogen-bond acceptors (Lipinski definition) is 3. The lowest BCUT2D eigenvalue weighted by molar-refractivity contribution is -0.151. The van der Waals surface area contributed by atoms with Crippen molar-refractivity contribution in [1.82, 2.24) is 5.32 Å². The molecule has 0 saturated carbocycles. The van der Waals surface area contributed by atoms with Gasteiger partial charge in [0.1, 0.15) is 5.92 Å². The lowest BCUT2D eigenvalue weighted by Crippen LogP contribution is -2.43. The molecular formula is C15H23NO3S. The molecule has 0 saturated heterocycles. The van der Waals surface area contributed by atoms with E-state index < -0.39 is 23.2 Å². The first-order valence-corrected chi connectivity index (χ1v) is 7.72. The minimum Gasteiger partial charge on any atom is -0.481 e. The fourth-order valence-corrected chi connectivity index (χ4v) is 3.01. The van der Waals surface area contributed by atoms with Crippen LogP contribution >= 0.6 is 11.3 Å². The van der Waals surface area contributed by atoms with Crippen LogP contribution in [0.5, 0.6) is 0 Å². The highest BCUT2D eigenvalue weighted by Crippen LogP contribution is 2.29. The average Bonchev–Trinajstić information content (AvgIpc) is 2.78. The quantitative estimate of drug-likeness (QED) is 0.790. The summed E-state index contributed by atoms with van der Waals surface area (Å²) in [5.74, 6) is -2.52. The number of carboxylic acid groups (broad SMARTS) is 1. The third kappa shape index (κ3) is 4.34. The number of rotatable bonds is 6. The van der Waals surface area contributed by atoms with Crippen LogP contribution in [0.2, 0.25) is 0 Å². The van der Waals surface area contributed by atoms with Crippen molar-refractivity contribution in [2.45, 2.75) is 46.6 Å². The molecular weight excluding hydrogens is 274 g/mol. The SMILES string of the molecule is CCCC(NC(=O)C(C(=O)O)C(C)(C)C)c1cccs1. The monoisotopic (exact) mass is 297 g/mol. The average molecular weight is 297 g/mol. The van der Waals surface area contributed by atoms with Crippen LogP contribution in [-0.4, -0.2) is 17.0 Å². The minimum absolute atomic E-state index is 0.100. The van der Waals surface area contributed by atoms with Crippen molar-refractivity contribution in [3.05, 3.63) is 22.4 Å². The van der Waals surface area contributed by atoms with Gasteiger partial charge >= 0.3 is 5.97 Å². The Balaban J connectivity index is 2.87. The lowest BCUT2D eigenvalue weighted by Gasteiger charge is -2.28. The Bertz CT molecular complexity index is 448. The topological polar surface area (TPSA) is 66.4 Å². The molecule has 2 unspecified atom stereocenters. The number of carbonyl (C=O) groups is 2. The van der Waals surface area contributed by atoms with Crippen LogP contribution < -0.4 is 5.32 Å². The van der Waals surface area contributed by atoms with Crippen LogP contribution in [0, 0.1) is 11.3 Å². The molecule has 0 aliphatic carbocycles. The molecule has 1 amide bonds. The zero-order chi connectivity index (χ0) is 15.3. The van der Waals surface area contributed by atoms with E-state index >= 15 is 0 Å². The molecule has 0 aliphatic rings. The molecule has 4 nitrogen and oxygen atoms in total. The molecule has 1 aromatic heterocycles. The first-order chi connectivity index (χ1) is 9.27. The van der Waals surface area contributed by atoms with Crippen molar-refractivity contribution >= 4 is 23.2 Å². The van der Waals surface area contributed by atoms with Crippen molar-refractivity contribution in [3.8, 4) is 0 Å². The van der Waals surface area contributed by atoms with Gasteiger partial charge in [-0.3, -0.25) is 9.59 Å². The van der Waals surface area contributed by atoms with Crippen molar-refractivity contribution in [2.75, 3.05) is 0 Å². The largest absolute Gasteiger partial charge is 0.481 e. The van der Waals surface area contributed by atoms with Crippen molar-refractivity contribution < 1.29 is 14.7 Å². The third-order valence-corrected chi connectivity index (χ3v) is 4.14. The van der Waals surface area contributed by atoms with Gasteiger partial charge in [-0.1, -0.05) is 40.2 Å². The van der Waals surface area contributed by atoms with Crippen molar-refractivity contribution in [2.24, 2.45) is 11.3 Å². The molecule has 0 aliphatic heterocycles. The van der Waals surface area contributed by atoms with Gasteiger partial charge in [0.15, 0.2) is 0 Å². The van der Waals surface area contributed by atoms with Gasteiger partial charge in [0.05, 0.1) is 6.04 Å². The predicted octanol–water partition coefficient (Wildman–Crippen LogP) is 3.45. The van der Waals surface area contributed by atoms with Gasteiger partial charge in [0.25, 0.3) is 0 Å². The van der Waals surface area contributed by atoms with E-state index in [1.54, 1.807) is 32.1 Å². The summed E-state index contributed by atoms with van der Waals surface area (Å²) < 4.78 is 0. The number of aliphatic carboxylic acids is 1. The molecule has 2 atom stereocenters. The van der Waals surface area contributed by atoms with Crippen LogP contribution in [-0.2, 0) is 9.59 Å². The number of carbonyl (C=O) groups excluding carboxylic acids is 1. The number of amides is 1. The third-order valence-electron chi connectivity index (χ3n) is 3.16. The summed E-state index contributed by atoms with van der Waals surface area (Å²) in [5.41, 5.74) is -0.609. The lowest BCUT2D eigenvalue weighted by atomic mass is 9.80. The van der Waals surface area contributed by atoms with Gasteiger partial charge in [-0.2, -0.15) is 0 Å². The Morgan fingerprint density at radius 2 is 2.05 bits per heavy atom. The van der Waals surface area contributed by atoms with Crippen molar-refractivity contribution in [3.63, 3.8) is 0 Å². The van der Waals surface area contributed by atoms with E-state index in [1.165, 1.54) is 0 Å². The summed E-state index contributed by atoms with van der Waals surface area (Å²) in [7, 11) is 0. The van der Waals surface area contributed by atoms with E-state index in [0.29, 0.717) is 0 Å². The number of nitrogens with one attached hydrogen (secondary N) is 1. The molecule has 5 heteroatoms. The van der Waals surface area contributed by atoms with E-state index in [9.17, 15) is 14.7 Å². The van der Waals surface area contributed by atoms with Gasteiger partial charge in [0.2, 0.25) is 5.91 Å². The molecule has 0 aromatic carbocycles. The fourth-order valence-electron chi connectivity index (χ4n) is 2.19. The van der Waals surface area contributed by atoms with Gasteiger partial charge in [-0.15, -0.1) is 11.3 Å². The summed E-state index contributed by atoms with van der Waals surface area (Å²) >= 11 is 1.58. The number of carboxylic acids is 1. The van der Waals surface area contributed by atoms with E-state index in [-0.39, 0.29) is 6.04 Å². The molecule has 2 N–H and O–H groups in total. The second kappa shape index (κ2) is 6.88. The maximum atomic E-state index is 12.3. The highest BCUT2D eigenvalue weighted by Gasteiger charge is 2.38. The van der Waals surface area contributed by atoms with E-state index in [0.717, 1.165) is 17.7 Å². The predicted molar refractivity (Wildman–Crippen MR) is 80.7 cm³/mol. The summed E-state index contributed by atoms with van der Waals surface area (Å²) in [6.07, 6.45) is 1.73. The molecule has 1 aromatic rings. The number of thiophene rings is 1. The first kappa shape index (κ1) is 16.7. The summed E-state index contributed by atoms with van der Waals surface area (Å²) in [5, 5.41) is 14.2. The Labute approximate surface area is 124 Å². The van der Waals surface area contributed by atoms with Crippen LogP contribution in [0.25, 0.3) is 0 Å².